The molecule has 76 valence electrons. The molecule has 2 amide bonds. The van der Waals surface area contributed by atoms with Gasteiger partial charge in [0.2, 0.25) is 0 Å². The Morgan fingerprint density at radius 3 is 3.00 bits per heavy atom. The first-order valence-electron chi connectivity index (χ1n) is 4.06. The summed E-state index contributed by atoms with van der Waals surface area (Å²) in [6, 6.07) is 4.73. The average Bonchev–Trinajstić information content (AvgIpc) is 2.71. The second-order valence-corrected chi connectivity index (χ2v) is 3.28. The Labute approximate surface area is 117 Å². The smallest absolute Gasteiger partial charge is 0.528 e. The van der Waals surface area contributed by atoms with Gasteiger partial charge in [-0.3, -0.25) is 5.32 Å². The van der Waals surface area contributed by atoms with E-state index in [1.165, 1.54) is 6.20 Å². The molecule has 0 saturated heterocycles. The van der Waals surface area contributed by atoms with E-state index in [1.807, 2.05) is 0 Å². The number of rotatable bonds is 1. The minimum absolute atomic E-state index is 0. The van der Waals surface area contributed by atoms with E-state index in [0.29, 0.717) is 10.5 Å². The third kappa shape index (κ3) is 3.86. The predicted molar refractivity (Wildman–Crippen MR) is 54.3 cm³/mol. The third-order valence-corrected chi connectivity index (χ3v) is 2.02. The van der Waals surface area contributed by atoms with Crippen LogP contribution in [0.4, 0.5) is 10.6 Å². The van der Waals surface area contributed by atoms with E-state index in [0.717, 1.165) is 11.5 Å². The maximum absolute atomic E-state index is 11.3. The monoisotopic (exact) mass is 243 g/mol. The number of nitrogens with zero attached hydrogens (tertiary/aromatic N) is 4. The molecule has 2 aromatic rings. The Kier molecular flexibility index (Phi) is 5.33. The topological polar surface area (TPSA) is 81.3 Å². The Morgan fingerprint density at radius 2 is 2.38 bits per heavy atom. The number of urea groups is 1. The van der Waals surface area contributed by atoms with Crippen molar-refractivity contribution in [3.05, 3.63) is 35.3 Å². The second kappa shape index (κ2) is 6.54. The Morgan fingerprint density at radius 1 is 1.50 bits per heavy atom. The first-order valence-corrected chi connectivity index (χ1v) is 4.83. The van der Waals surface area contributed by atoms with Crippen LogP contribution >= 0.6 is 11.5 Å². The van der Waals surface area contributed by atoms with Gasteiger partial charge in [0, 0.05) is 12.4 Å². The van der Waals surface area contributed by atoms with Crippen LogP contribution in [0.2, 0.25) is 0 Å². The van der Waals surface area contributed by atoms with E-state index in [4.69, 9.17) is 0 Å². The van der Waals surface area contributed by atoms with E-state index in [1.54, 1.807) is 24.4 Å². The Bertz CT molecular complexity index is 492. The first kappa shape index (κ1) is 13.0. The molecule has 0 aliphatic heterocycles. The van der Waals surface area contributed by atoms with Crippen molar-refractivity contribution in [2.45, 2.75) is 0 Å². The zero-order chi connectivity index (χ0) is 10.5. The first-order chi connectivity index (χ1) is 7.34. The number of carbonyl (C=O) groups excluding carboxylic acids is 1. The van der Waals surface area contributed by atoms with Gasteiger partial charge in [-0.2, -0.15) is 4.99 Å². The number of amides is 2. The number of anilines is 1. The van der Waals surface area contributed by atoms with Crippen molar-refractivity contribution < 1.29 is 34.4 Å². The molecule has 0 spiro atoms. The summed E-state index contributed by atoms with van der Waals surface area (Å²) in [5, 5.41) is 6.08. The molecule has 0 aliphatic rings. The number of carbonyl (C=O) groups is 1. The minimum atomic E-state index is -0.486. The summed E-state index contributed by atoms with van der Waals surface area (Å²) < 4.78 is 4.05. The molecule has 1 N–H and O–H groups in total. The van der Waals surface area contributed by atoms with Crippen LogP contribution in [-0.2, 0) is 0 Å². The number of aromatic nitrogens is 3. The van der Waals surface area contributed by atoms with Gasteiger partial charge in [-0.1, -0.05) is 6.07 Å². The SMILES string of the molecule is O=C(N=c1cn[n-]s1)Nc1ccccn1.[Na+]. The molecule has 2 aromatic heterocycles. The van der Waals surface area contributed by atoms with Crippen LogP contribution in [-0.4, -0.2) is 16.1 Å². The molecule has 0 radical (unpaired) electrons. The molecular formula is C8H6N5NaOS. The summed E-state index contributed by atoms with van der Waals surface area (Å²) in [5.41, 5.74) is 0. The van der Waals surface area contributed by atoms with Crippen molar-refractivity contribution in [2.24, 2.45) is 4.99 Å². The standard InChI is InChI=1S/C8H7N5OS.Na/c14-8(12-7-5-10-13-15-7)11-6-3-1-2-4-9-6;/h1-5H,(H2,9,11,12,13,14);/q;+1/p-1. The average molecular weight is 243 g/mol. The van der Waals surface area contributed by atoms with Gasteiger partial charge in [0.25, 0.3) is 0 Å². The number of pyridine rings is 1. The van der Waals surface area contributed by atoms with E-state index in [2.05, 4.69) is 24.9 Å². The molecule has 0 saturated carbocycles. The second-order valence-electron chi connectivity index (χ2n) is 2.51. The maximum Gasteiger partial charge on any atom is 1.00 e. The molecule has 0 fully saturated rings. The zero-order valence-corrected chi connectivity index (χ0v) is 11.3. The molecule has 0 aliphatic carbocycles. The van der Waals surface area contributed by atoms with E-state index in [-0.39, 0.29) is 29.6 Å². The number of nitrogens with one attached hydrogen (secondary N) is 1. The Balaban J connectivity index is 0.00000128. The van der Waals surface area contributed by atoms with Gasteiger partial charge in [0.05, 0.1) is 0 Å². The van der Waals surface area contributed by atoms with Gasteiger partial charge in [-0.15, -0.1) is 0 Å². The molecular weight excluding hydrogens is 237 g/mol. The van der Waals surface area contributed by atoms with Crippen LogP contribution in [0.1, 0.15) is 0 Å². The van der Waals surface area contributed by atoms with Crippen molar-refractivity contribution in [1.82, 2.24) is 14.6 Å². The third-order valence-electron chi connectivity index (χ3n) is 1.46. The minimum Gasteiger partial charge on any atom is -0.528 e. The van der Waals surface area contributed by atoms with Crippen LogP contribution in [0.25, 0.3) is 0 Å². The van der Waals surface area contributed by atoms with Gasteiger partial charge < -0.3 is 9.59 Å². The van der Waals surface area contributed by atoms with Crippen molar-refractivity contribution in [3.8, 4) is 0 Å². The summed E-state index contributed by atoms with van der Waals surface area (Å²) in [4.78, 5) is 19.0. The van der Waals surface area contributed by atoms with Crippen LogP contribution in [0.15, 0.2) is 35.6 Å². The van der Waals surface area contributed by atoms with E-state index >= 15 is 0 Å². The van der Waals surface area contributed by atoms with E-state index in [9.17, 15) is 4.79 Å². The Hall–Kier alpha value is -1.02. The fraction of sp³-hybridized carbons (Fsp3) is 0. The van der Waals surface area contributed by atoms with Gasteiger partial charge in [-0.05, 0) is 12.1 Å². The fourth-order valence-electron chi connectivity index (χ4n) is 0.886. The molecule has 0 aromatic carbocycles. The number of hydrogen-bond acceptors (Lipinski definition) is 4. The fourth-order valence-corrected chi connectivity index (χ4v) is 1.28. The molecule has 8 heteroatoms. The predicted octanol–water partition coefficient (Wildman–Crippen LogP) is -2.37. The van der Waals surface area contributed by atoms with Gasteiger partial charge in [0.1, 0.15) is 10.5 Å². The molecule has 16 heavy (non-hydrogen) atoms. The molecule has 2 rings (SSSR count). The van der Waals surface area contributed by atoms with Gasteiger partial charge >= 0.3 is 35.6 Å². The van der Waals surface area contributed by atoms with Crippen LogP contribution in [0, 0.1) is 0 Å². The van der Waals surface area contributed by atoms with Crippen molar-refractivity contribution in [2.75, 3.05) is 5.32 Å². The van der Waals surface area contributed by atoms with Crippen molar-refractivity contribution >= 4 is 23.4 Å². The quantitative estimate of drug-likeness (QED) is 0.568. The van der Waals surface area contributed by atoms with Crippen LogP contribution < -0.4 is 44.0 Å². The van der Waals surface area contributed by atoms with Crippen LogP contribution in [0.5, 0.6) is 0 Å². The van der Waals surface area contributed by atoms with Crippen molar-refractivity contribution in [1.29, 1.82) is 0 Å². The molecule has 6 nitrogen and oxygen atoms in total. The van der Waals surface area contributed by atoms with Crippen LogP contribution in [0.3, 0.4) is 0 Å². The summed E-state index contributed by atoms with van der Waals surface area (Å²) >= 11 is 1.05. The summed E-state index contributed by atoms with van der Waals surface area (Å²) in [5.74, 6) is 0.462. The summed E-state index contributed by atoms with van der Waals surface area (Å²) in [6.45, 7) is 0. The van der Waals surface area contributed by atoms with Crippen molar-refractivity contribution in [3.63, 3.8) is 0 Å². The normalized spacial score (nSPS) is 10.6. The summed E-state index contributed by atoms with van der Waals surface area (Å²) in [6.07, 6.45) is 3.01. The molecule has 0 unspecified atom stereocenters. The molecule has 2 heterocycles. The number of hydrogen-bond donors (Lipinski definition) is 1. The maximum atomic E-state index is 11.3. The van der Waals surface area contributed by atoms with Gasteiger partial charge in [0.15, 0.2) is 0 Å². The molecule has 0 atom stereocenters. The molecule has 0 bridgehead atoms. The summed E-state index contributed by atoms with van der Waals surface area (Å²) in [7, 11) is 0. The largest absolute Gasteiger partial charge is 1.00 e. The van der Waals surface area contributed by atoms with E-state index < -0.39 is 6.03 Å². The van der Waals surface area contributed by atoms with Gasteiger partial charge in [-0.25, -0.2) is 21.3 Å². The zero-order valence-electron chi connectivity index (χ0n) is 8.49.